The third-order valence-corrected chi connectivity index (χ3v) is 5.99. The molecule has 2 amide bonds. The Kier molecular flexibility index (Phi) is 8.06. The molecule has 1 aromatic carbocycles. The van der Waals surface area contributed by atoms with Gasteiger partial charge in [0.1, 0.15) is 23.1 Å². The second-order valence-electron chi connectivity index (χ2n) is 8.40. The Bertz CT molecular complexity index is 1160. The lowest BCUT2D eigenvalue weighted by atomic mass is 10.1. The predicted molar refractivity (Wildman–Crippen MR) is 131 cm³/mol. The summed E-state index contributed by atoms with van der Waals surface area (Å²) in [7, 11) is 1.55. The molecule has 188 valence electrons. The lowest BCUT2D eigenvalue weighted by molar-refractivity contribution is -0.133. The Morgan fingerprint density at radius 3 is 2.31 bits per heavy atom. The van der Waals surface area contributed by atoms with Gasteiger partial charge in [0.2, 0.25) is 17.7 Å². The molecular formula is C26H28FN5O4. The van der Waals surface area contributed by atoms with Crippen LogP contribution >= 0.6 is 0 Å². The number of aromatic nitrogens is 2. The summed E-state index contributed by atoms with van der Waals surface area (Å²) >= 11 is 0. The predicted octanol–water partition coefficient (Wildman–Crippen LogP) is 3.13. The number of rotatable bonds is 8. The number of nitrogens with zero attached hydrogens (tertiary/aromatic N) is 4. The fourth-order valence-electron chi connectivity index (χ4n) is 3.83. The number of amides is 2. The Morgan fingerprint density at radius 1 is 0.972 bits per heavy atom. The minimum atomic E-state index is -0.384. The second-order valence-corrected chi connectivity index (χ2v) is 8.40. The summed E-state index contributed by atoms with van der Waals surface area (Å²) < 4.78 is 23.7. The first kappa shape index (κ1) is 25.1. The molecule has 1 fully saturated rings. The first-order valence-corrected chi connectivity index (χ1v) is 11.6. The monoisotopic (exact) mass is 493 g/mol. The fourth-order valence-corrected chi connectivity index (χ4v) is 3.83. The smallest absolute Gasteiger partial charge is 0.242 e. The molecule has 1 unspecified atom stereocenters. The number of pyridine rings is 2. The van der Waals surface area contributed by atoms with Crippen molar-refractivity contribution in [3.8, 4) is 17.4 Å². The van der Waals surface area contributed by atoms with Crippen molar-refractivity contribution in [1.82, 2.24) is 19.8 Å². The Morgan fingerprint density at radius 2 is 1.69 bits per heavy atom. The molecule has 9 nitrogen and oxygen atoms in total. The maximum atomic E-state index is 13.0. The van der Waals surface area contributed by atoms with E-state index in [1.54, 1.807) is 31.5 Å². The third-order valence-electron chi connectivity index (χ3n) is 5.99. The van der Waals surface area contributed by atoms with Crippen molar-refractivity contribution in [3.63, 3.8) is 0 Å². The number of ether oxygens (including phenoxy) is 2. The molecule has 0 radical (unpaired) electrons. The van der Waals surface area contributed by atoms with Crippen LogP contribution in [-0.4, -0.2) is 70.9 Å². The number of nitrogens with one attached hydrogen (secondary N) is 1. The molecule has 1 N–H and O–H groups in total. The summed E-state index contributed by atoms with van der Waals surface area (Å²) in [5.41, 5.74) is 0.831. The SMILES string of the molecule is COc1ccc(CC(=O)N2CCN(C(C)C(=O)Nc3ccc(Oc4ccc(F)cc4)cn3)CC2)cn1. The van der Waals surface area contributed by atoms with Crippen LogP contribution in [0.3, 0.4) is 0 Å². The number of benzene rings is 1. The van der Waals surface area contributed by atoms with E-state index in [2.05, 4.69) is 15.3 Å². The van der Waals surface area contributed by atoms with Gasteiger partial charge in [0.25, 0.3) is 0 Å². The van der Waals surface area contributed by atoms with Crippen molar-refractivity contribution in [2.45, 2.75) is 19.4 Å². The van der Waals surface area contributed by atoms with Gasteiger partial charge in [-0.3, -0.25) is 14.5 Å². The van der Waals surface area contributed by atoms with Crippen molar-refractivity contribution in [1.29, 1.82) is 0 Å². The van der Waals surface area contributed by atoms with Gasteiger partial charge in [-0.1, -0.05) is 6.07 Å². The van der Waals surface area contributed by atoms with Crippen molar-refractivity contribution in [2.24, 2.45) is 0 Å². The highest BCUT2D eigenvalue weighted by atomic mass is 19.1. The van der Waals surface area contributed by atoms with Crippen LogP contribution in [0.15, 0.2) is 60.9 Å². The molecule has 0 bridgehead atoms. The molecule has 0 saturated carbocycles. The summed E-state index contributed by atoms with van der Waals surface area (Å²) in [6, 6.07) is 12.2. The third kappa shape index (κ3) is 6.54. The molecule has 2 aromatic heterocycles. The van der Waals surface area contributed by atoms with E-state index in [1.807, 2.05) is 22.8 Å². The molecule has 1 atom stereocenters. The summed E-state index contributed by atoms with van der Waals surface area (Å²) in [5, 5.41) is 2.82. The number of hydrogen-bond donors (Lipinski definition) is 1. The van der Waals surface area contributed by atoms with Crippen molar-refractivity contribution in [3.05, 3.63) is 72.3 Å². The lowest BCUT2D eigenvalue weighted by Crippen LogP contribution is -2.54. The van der Waals surface area contributed by atoms with Gasteiger partial charge >= 0.3 is 0 Å². The van der Waals surface area contributed by atoms with Gasteiger partial charge in [-0.25, -0.2) is 14.4 Å². The number of anilines is 1. The highest BCUT2D eigenvalue weighted by molar-refractivity contribution is 5.93. The Labute approximate surface area is 208 Å². The van der Waals surface area contributed by atoms with Crippen LogP contribution in [0.4, 0.5) is 10.2 Å². The molecule has 0 spiro atoms. The van der Waals surface area contributed by atoms with E-state index in [1.165, 1.54) is 30.5 Å². The van der Waals surface area contributed by atoms with E-state index < -0.39 is 0 Å². The second kappa shape index (κ2) is 11.6. The molecule has 1 aliphatic heterocycles. The van der Waals surface area contributed by atoms with Crippen LogP contribution in [0.2, 0.25) is 0 Å². The van der Waals surface area contributed by atoms with Crippen molar-refractivity contribution in [2.75, 3.05) is 38.6 Å². The molecular weight excluding hydrogens is 465 g/mol. The van der Waals surface area contributed by atoms with Crippen LogP contribution in [0.25, 0.3) is 0 Å². The van der Waals surface area contributed by atoms with E-state index in [9.17, 15) is 14.0 Å². The van der Waals surface area contributed by atoms with E-state index in [-0.39, 0.29) is 30.1 Å². The maximum absolute atomic E-state index is 13.0. The van der Waals surface area contributed by atoms with Crippen LogP contribution in [0, 0.1) is 5.82 Å². The van der Waals surface area contributed by atoms with Crippen LogP contribution in [-0.2, 0) is 16.0 Å². The van der Waals surface area contributed by atoms with Gasteiger partial charge in [-0.05, 0) is 48.9 Å². The quantitative estimate of drug-likeness (QED) is 0.515. The van der Waals surface area contributed by atoms with Crippen molar-refractivity contribution >= 4 is 17.6 Å². The Balaban J connectivity index is 1.23. The van der Waals surface area contributed by atoms with Crippen LogP contribution < -0.4 is 14.8 Å². The van der Waals surface area contributed by atoms with E-state index in [0.29, 0.717) is 49.4 Å². The molecule has 4 rings (SSSR count). The highest BCUT2D eigenvalue weighted by Gasteiger charge is 2.27. The minimum Gasteiger partial charge on any atom is -0.481 e. The number of carbonyl (C=O) groups excluding carboxylic acids is 2. The number of carbonyl (C=O) groups is 2. The van der Waals surface area contributed by atoms with Crippen LogP contribution in [0.1, 0.15) is 12.5 Å². The van der Waals surface area contributed by atoms with Gasteiger partial charge in [0.05, 0.1) is 25.8 Å². The summed E-state index contributed by atoms with van der Waals surface area (Å²) in [6.45, 7) is 4.13. The molecule has 3 aromatic rings. The minimum absolute atomic E-state index is 0.0332. The average Bonchev–Trinajstić information content (AvgIpc) is 2.91. The maximum Gasteiger partial charge on any atom is 0.242 e. The fraction of sp³-hybridized carbons (Fsp3) is 0.308. The van der Waals surface area contributed by atoms with E-state index >= 15 is 0 Å². The lowest BCUT2D eigenvalue weighted by Gasteiger charge is -2.37. The van der Waals surface area contributed by atoms with Crippen LogP contribution in [0.5, 0.6) is 17.4 Å². The molecule has 0 aliphatic carbocycles. The summed E-state index contributed by atoms with van der Waals surface area (Å²) in [4.78, 5) is 37.7. The highest BCUT2D eigenvalue weighted by Crippen LogP contribution is 2.22. The van der Waals surface area contributed by atoms with Gasteiger partial charge in [0, 0.05) is 38.4 Å². The number of hydrogen-bond acceptors (Lipinski definition) is 7. The summed E-state index contributed by atoms with van der Waals surface area (Å²) in [6.07, 6.45) is 3.42. The standard InChI is InChI=1S/C26H28FN5O4/c1-18(26(34)30-23-9-8-22(17-28-23)36-21-6-4-20(27)5-7-21)31-11-13-32(14-12-31)25(33)15-19-3-10-24(35-2)29-16-19/h3-10,16-18H,11-15H2,1-2H3,(H,28,30,34). The molecule has 1 saturated heterocycles. The topological polar surface area (TPSA) is 96.9 Å². The zero-order chi connectivity index (χ0) is 25.5. The molecule has 1 aliphatic rings. The molecule has 10 heteroatoms. The number of halogens is 1. The average molecular weight is 494 g/mol. The first-order chi connectivity index (χ1) is 17.4. The van der Waals surface area contributed by atoms with E-state index in [4.69, 9.17) is 9.47 Å². The van der Waals surface area contributed by atoms with Crippen molar-refractivity contribution < 1.29 is 23.5 Å². The van der Waals surface area contributed by atoms with Gasteiger partial charge in [0.15, 0.2) is 0 Å². The van der Waals surface area contributed by atoms with Gasteiger partial charge in [-0.15, -0.1) is 0 Å². The normalized spacial score (nSPS) is 14.7. The number of methoxy groups -OCH3 is 1. The van der Waals surface area contributed by atoms with Gasteiger partial charge < -0.3 is 19.7 Å². The van der Waals surface area contributed by atoms with E-state index in [0.717, 1.165) is 5.56 Å². The van der Waals surface area contributed by atoms with Gasteiger partial charge in [-0.2, -0.15) is 0 Å². The Hall–Kier alpha value is -4.05. The largest absolute Gasteiger partial charge is 0.481 e. The zero-order valence-electron chi connectivity index (χ0n) is 20.2. The molecule has 36 heavy (non-hydrogen) atoms. The zero-order valence-corrected chi connectivity index (χ0v) is 20.2. The number of piperazine rings is 1. The first-order valence-electron chi connectivity index (χ1n) is 11.6. The molecule has 3 heterocycles. The summed E-state index contributed by atoms with van der Waals surface area (Å²) in [5.74, 6) is 1.38.